The molecule has 16 nitrogen and oxygen atoms in total. The number of fused-ring (bicyclic) bond motifs is 4. The quantitative estimate of drug-likeness (QED) is 0.0184. The fourth-order valence-corrected chi connectivity index (χ4v) is 8.47. The highest BCUT2D eigenvalue weighted by Crippen LogP contribution is 2.48. The molecule has 4 heterocycles. The number of nitrogens with zero attached hydrogens (tertiary/aromatic N) is 3. The van der Waals surface area contributed by atoms with Crippen LogP contribution in [0.5, 0.6) is 11.8 Å². The van der Waals surface area contributed by atoms with E-state index in [1.54, 1.807) is 18.2 Å². The van der Waals surface area contributed by atoms with E-state index in [0.29, 0.717) is 49.0 Å². The van der Waals surface area contributed by atoms with Crippen molar-refractivity contribution in [1.29, 1.82) is 0 Å². The number of benzene rings is 3. The van der Waals surface area contributed by atoms with E-state index in [1.165, 1.54) is 18.2 Å². The van der Waals surface area contributed by atoms with Crippen LogP contribution in [0.4, 0.5) is 11.4 Å². The highest BCUT2D eigenvalue weighted by molar-refractivity contribution is 7.95. The van der Waals surface area contributed by atoms with Crippen molar-refractivity contribution in [2.75, 3.05) is 35.4 Å². The summed E-state index contributed by atoms with van der Waals surface area (Å²) in [6.45, 7) is 7.79. The number of rotatable bonds is 10. The zero-order chi connectivity index (χ0) is 41.4. The lowest BCUT2D eigenvalue weighted by molar-refractivity contribution is -0.432. The second-order valence-electron chi connectivity index (χ2n) is 14.9. The fraction of sp³-hybridized carbons (Fsp3) is 0.256. The summed E-state index contributed by atoms with van der Waals surface area (Å²) in [4.78, 5) is 35.8. The summed E-state index contributed by atoms with van der Waals surface area (Å²) in [6.07, 6.45) is 3.75. The molecule has 2 aromatic heterocycles. The molecule has 18 heteroatoms. The molecule has 0 radical (unpaired) electrons. The minimum Gasteiger partial charge on any atom is -0.492 e. The molecule has 298 valence electrons. The Kier molecular flexibility index (Phi) is 9.78. The number of aromatic nitrogens is 1. The third kappa shape index (κ3) is 7.15. The zero-order valence-corrected chi connectivity index (χ0v) is 33.1. The summed E-state index contributed by atoms with van der Waals surface area (Å²) >= 11 is 0.839. The lowest BCUT2D eigenvalue weighted by atomic mass is 9.85. The summed E-state index contributed by atoms with van der Waals surface area (Å²) in [7, 11) is -0.770. The molecular formula is C39H38N3O13S2+. The Hall–Kier alpha value is -5.63. The molecule has 0 saturated heterocycles. The second-order valence-corrected chi connectivity index (χ2v) is 17.0. The van der Waals surface area contributed by atoms with E-state index in [1.807, 2.05) is 69.8 Å². The van der Waals surface area contributed by atoms with Crippen LogP contribution in [0, 0.1) is 0 Å². The molecule has 5 aromatic rings. The average molecular weight is 821 g/mol. The van der Waals surface area contributed by atoms with Gasteiger partial charge in [-0.1, -0.05) is 17.2 Å². The van der Waals surface area contributed by atoms with Gasteiger partial charge in [-0.3, -0.25) is 4.55 Å². The lowest BCUT2D eigenvalue weighted by Gasteiger charge is -2.41. The van der Waals surface area contributed by atoms with Crippen LogP contribution in [0.2, 0.25) is 0 Å². The van der Waals surface area contributed by atoms with E-state index < -0.39 is 50.6 Å². The molecule has 0 spiro atoms. The summed E-state index contributed by atoms with van der Waals surface area (Å²) in [5.41, 5.74) is 2.94. The van der Waals surface area contributed by atoms with Crippen molar-refractivity contribution < 1.29 is 61.8 Å². The first-order chi connectivity index (χ1) is 26.7. The van der Waals surface area contributed by atoms with Crippen molar-refractivity contribution in [2.24, 2.45) is 0 Å². The van der Waals surface area contributed by atoms with Gasteiger partial charge in [0.25, 0.3) is 10.1 Å². The zero-order valence-electron chi connectivity index (χ0n) is 31.4. The number of hydrogen-bond acceptors (Lipinski definition) is 13. The monoisotopic (exact) mass is 820 g/mol. The van der Waals surface area contributed by atoms with Crippen molar-refractivity contribution in [2.45, 2.75) is 38.8 Å². The number of aromatic hydroxyl groups is 2. The number of anilines is 2. The highest BCUT2D eigenvalue weighted by atomic mass is 32.2. The lowest BCUT2D eigenvalue weighted by Crippen LogP contribution is -2.42. The van der Waals surface area contributed by atoms with Crippen LogP contribution in [0.3, 0.4) is 0 Å². The molecule has 2 aliphatic rings. The maximum Gasteiger partial charge on any atom is 0.363 e. The van der Waals surface area contributed by atoms with Gasteiger partial charge in [0, 0.05) is 60.7 Å². The van der Waals surface area contributed by atoms with Crippen LogP contribution in [-0.4, -0.2) is 86.9 Å². The van der Waals surface area contributed by atoms with Gasteiger partial charge in [-0.25, -0.2) is 19.3 Å². The minimum absolute atomic E-state index is 0.0508. The molecule has 0 saturated carbocycles. The SMILES string of the molecule is CN1c2cc3[o+]c4cc5c(cc4c(-c4cc(C(=O)On6c(O)ccc6O)ccc4C(=O)O)c3cc2C(CSOOO)=CC1(C)C)C(CS(=O)(=O)O)=CC(C)(C)N5C. The first-order valence-corrected chi connectivity index (χ1v) is 19.8. The second kappa shape index (κ2) is 14.1. The largest absolute Gasteiger partial charge is 0.492 e. The maximum absolute atomic E-state index is 13.5. The first kappa shape index (κ1) is 39.6. The van der Waals surface area contributed by atoms with Gasteiger partial charge in [0.05, 0.1) is 56.5 Å². The summed E-state index contributed by atoms with van der Waals surface area (Å²) < 4.78 is 46.6. The van der Waals surface area contributed by atoms with Gasteiger partial charge >= 0.3 is 23.1 Å². The summed E-state index contributed by atoms with van der Waals surface area (Å²) in [6, 6.07) is 13.0. The van der Waals surface area contributed by atoms with Crippen LogP contribution < -0.4 is 14.6 Å². The van der Waals surface area contributed by atoms with Crippen molar-refractivity contribution in [3.05, 3.63) is 89.0 Å². The van der Waals surface area contributed by atoms with Gasteiger partial charge in [0.1, 0.15) is 5.75 Å². The molecule has 2 aliphatic heterocycles. The summed E-state index contributed by atoms with van der Waals surface area (Å²) in [5.74, 6) is -3.99. The fourth-order valence-electron chi connectivity index (χ4n) is 7.38. The van der Waals surface area contributed by atoms with E-state index in [-0.39, 0.29) is 28.0 Å². The number of carbonyl (C=O) groups excluding carboxylic acids is 1. The third-order valence-electron chi connectivity index (χ3n) is 10.5. The van der Waals surface area contributed by atoms with Gasteiger partial charge in [0.15, 0.2) is 0 Å². The maximum atomic E-state index is 13.5. The molecule has 0 unspecified atom stereocenters. The average Bonchev–Trinajstić information content (AvgIpc) is 3.44. The van der Waals surface area contributed by atoms with E-state index in [9.17, 15) is 37.9 Å². The van der Waals surface area contributed by atoms with Gasteiger partial charge in [-0.2, -0.15) is 8.42 Å². The first-order valence-electron chi connectivity index (χ1n) is 17.3. The van der Waals surface area contributed by atoms with Gasteiger partial charge < -0.3 is 30.0 Å². The van der Waals surface area contributed by atoms with Crippen molar-refractivity contribution in [3.8, 4) is 22.9 Å². The molecule has 7 rings (SSSR count). The topological polar surface area (TPSA) is 220 Å². The normalized spacial score (nSPS) is 15.9. The number of likely N-dealkylation sites (N-methyl/N-ethyl adjacent to an activating group) is 2. The predicted octanol–water partition coefficient (Wildman–Crippen LogP) is 6.89. The Balaban J connectivity index is 1.58. The number of carboxylic acids is 1. The van der Waals surface area contributed by atoms with E-state index in [2.05, 4.69) is 5.04 Å². The molecule has 57 heavy (non-hydrogen) atoms. The highest BCUT2D eigenvalue weighted by Gasteiger charge is 2.37. The predicted molar refractivity (Wildman–Crippen MR) is 214 cm³/mol. The minimum atomic E-state index is -4.51. The smallest absolute Gasteiger partial charge is 0.363 e. The molecule has 0 fully saturated rings. The number of carbonyl (C=O) groups is 2. The van der Waals surface area contributed by atoms with E-state index in [4.69, 9.17) is 18.8 Å². The molecular weight excluding hydrogens is 783 g/mol. The van der Waals surface area contributed by atoms with Gasteiger partial charge in [-0.15, -0.1) is 9.06 Å². The number of aromatic carboxylic acids is 1. The Morgan fingerprint density at radius 2 is 1.35 bits per heavy atom. The Morgan fingerprint density at radius 1 is 0.807 bits per heavy atom. The van der Waals surface area contributed by atoms with Crippen LogP contribution in [0.25, 0.3) is 44.2 Å². The van der Waals surface area contributed by atoms with Crippen LogP contribution in [-0.2, 0) is 19.5 Å². The molecule has 0 amide bonds. The molecule has 3 aromatic carbocycles. The van der Waals surface area contributed by atoms with Gasteiger partial charge in [0.2, 0.25) is 11.8 Å². The summed E-state index contributed by atoms with van der Waals surface area (Å²) in [5, 5.41) is 44.3. The molecule has 0 bridgehead atoms. The Bertz CT molecular complexity index is 2680. The number of carboxylic acid groups (broad SMARTS) is 1. The molecule has 0 atom stereocenters. The Labute approximate surface area is 330 Å². The van der Waals surface area contributed by atoms with Crippen molar-refractivity contribution in [3.63, 3.8) is 0 Å². The van der Waals surface area contributed by atoms with Crippen molar-refractivity contribution in [1.82, 2.24) is 4.73 Å². The molecule has 5 N–H and O–H groups in total. The standard InChI is InChI=1S/C39H37N3O13S2/c1-38(2)16-21(18-56-55-54-48)24-12-27-31(14-29(24)40(38)5)52-32-15-30-25(22(19-57(49,50)51)17-39(3,4)41(30)6)13-28(32)35(27)26-11-20(7-8-23(26)36(45)46)37(47)53-42-33(43)9-10-34(42)44/h7-17H,18-19H2,1-6H3,(H4-,43,44,45,46,48,49,50,51)/p+1. The third-order valence-corrected chi connectivity index (χ3v) is 11.8. The van der Waals surface area contributed by atoms with Gasteiger partial charge in [-0.05, 0) is 74.7 Å². The van der Waals surface area contributed by atoms with E-state index >= 15 is 0 Å². The Morgan fingerprint density at radius 3 is 1.88 bits per heavy atom. The van der Waals surface area contributed by atoms with Crippen LogP contribution in [0.15, 0.2) is 71.2 Å². The van der Waals surface area contributed by atoms with Crippen molar-refractivity contribution >= 4 is 78.6 Å². The van der Waals surface area contributed by atoms with E-state index in [0.717, 1.165) is 35.4 Å². The number of hydrogen-bond donors (Lipinski definition) is 5. The van der Waals surface area contributed by atoms with Crippen LogP contribution in [0.1, 0.15) is 59.5 Å². The molecule has 0 aliphatic carbocycles. The van der Waals surface area contributed by atoms with Crippen LogP contribution >= 0.6 is 12.0 Å².